The van der Waals surface area contributed by atoms with Crippen LogP contribution in [0.3, 0.4) is 0 Å². The normalized spacial score (nSPS) is 12.0. The first-order valence-electron chi connectivity index (χ1n) is 15.5. The summed E-state index contributed by atoms with van der Waals surface area (Å²) in [5.74, 6) is 1.84. The van der Waals surface area contributed by atoms with Crippen LogP contribution in [-0.2, 0) is 6.42 Å². The molecule has 8 rings (SSSR count). The summed E-state index contributed by atoms with van der Waals surface area (Å²) in [6.07, 6.45) is 6.42. The van der Waals surface area contributed by atoms with Crippen LogP contribution in [0.4, 0.5) is 0 Å². The largest absolute Gasteiger partial charge is 0.455 e. The zero-order chi connectivity index (χ0) is 30.0. The summed E-state index contributed by atoms with van der Waals surface area (Å²) in [5.41, 5.74) is 13.6. The van der Waals surface area contributed by atoms with Gasteiger partial charge in [0.15, 0.2) is 0 Å². The molecule has 7 aromatic rings. The summed E-state index contributed by atoms with van der Waals surface area (Å²) in [7, 11) is 0. The molecule has 212 valence electrons. The zero-order valence-electron chi connectivity index (χ0n) is 24.8. The van der Waals surface area contributed by atoms with E-state index in [1.807, 2.05) is 12.1 Å². The molecule has 0 amide bonds. The van der Waals surface area contributed by atoms with Gasteiger partial charge in [-0.15, -0.1) is 0 Å². The maximum absolute atomic E-state index is 7.20. The van der Waals surface area contributed by atoms with Crippen LogP contribution < -0.4 is 0 Å². The van der Waals surface area contributed by atoms with E-state index in [0.717, 1.165) is 68.9 Å². The standard InChI is InChI=1S/C44H30O/c1-5-17-31(18-6-1)35-29-40(33-21-9-3-10-22-33)42(41(30-35)34-23-11-4-12-24-34)44-39-28-16-15-27-38(39)43(45-44)37-26-14-13-25-36(37)32-19-7-2-8-20-32/h1-11,13-15,17-23,25-27,29-30H,16,28H2. The Morgan fingerprint density at radius 2 is 1.13 bits per heavy atom. The summed E-state index contributed by atoms with van der Waals surface area (Å²) >= 11 is 0. The van der Waals surface area contributed by atoms with E-state index in [2.05, 4.69) is 158 Å². The third kappa shape index (κ3) is 4.97. The Labute approximate surface area is 264 Å². The van der Waals surface area contributed by atoms with E-state index in [-0.39, 0.29) is 0 Å². The van der Waals surface area contributed by atoms with Gasteiger partial charge in [0.1, 0.15) is 11.5 Å². The molecule has 0 saturated carbocycles. The molecule has 1 heterocycles. The van der Waals surface area contributed by atoms with Crippen LogP contribution in [0.25, 0.3) is 73.2 Å². The third-order valence-electron chi connectivity index (χ3n) is 8.65. The zero-order valence-corrected chi connectivity index (χ0v) is 24.8. The van der Waals surface area contributed by atoms with Crippen molar-refractivity contribution in [2.24, 2.45) is 0 Å². The number of fused-ring (bicyclic) bond motifs is 1. The lowest BCUT2D eigenvalue weighted by Gasteiger charge is -2.18. The lowest BCUT2D eigenvalue weighted by Crippen LogP contribution is -1.97. The number of allylic oxidation sites excluding steroid dienone is 1. The van der Waals surface area contributed by atoms with Gasteiger partial charge in [0.25, 0.3) is 0 Å². The monoisotopic (exact) mass is 574 g/mol. The molecule has 1 nitrogen and oxygen atoms in total. The molecular formula is C44H30O. The number of rotatable bonds is 6. The Balaban J connectivity index is 1.45. The molecule has 6 aromatic carbocycles. The molecule has 0 spiro atoms. The summed E-state index contributed by atoms with van der Waals surface area (Å²) in [6, 6.07) is 57.8. The maximum Gasteiger partial charge on any atom is 0.142 e. The lowest BCUT2D eigenvalue weighted by atomic mass is 9.84. The van der Waals surface area contributed by atoms with Crippen molar-refractivity contribution in [3.05, 3.63) is 175 Å². The van der Waals surface area contributed by atoms with Gasteiger partial charge >= 0.3 is 0 Å². The van der Waals surface area contributed by atoms with Crippen molar-refractivity contribution < 1.29 is 4.42 Å². The third-order valence-corrected chi connectivity index (χ3v) is 8.65. The Bertz CT molecular complexity index is 2060. The van der Waals surface area contributed by atoms with Crippen molar-refractivity contribution in [3.63, 3.8) is 0 Å². The number of benzene rings is 5. The molecule has 1 heteroatoms. The van der Waals surface area contributed by atoms with Crippen molar-refractivity contribution in [3.8, 4) is 67.2 Å². The van der Waals surface area contributed by atoms with Gasteiger partial charge in [-0.25, -0.2) is 0 Å². The minimum absolute atomic E-state index is 0.913. The molecule has 0 bridgehead atoms. The first kappa shape index (κ1) is 26.8. The molecule has 1 aromatic heterocycles. The lowest BCUT2D eigenvalue weighted by molar-refractivity contribution is 0.594. The van der Waals surface area contributed by atoms with E-state index >= 15 is 0 Å². The molecule has 0 unspecified atom stereocenters. The Hall–Kier alpha value is -5.84. The van der Waals surface area contributed by atoms with Crippen molar-refractivity contribution in [1.82, 2.24) is 0 Å². The highest BCUT2D eigenvalue weighted by atomic mass is 16.3. The van der Waals surface area contributed by atoms with Crippen molar-refractivity contribution >= 4 is 6.08 Å². The van der Waals surface area contributed by atoms with Crippen molar-refractivity contribution in [2.45, 2.75) is 12.8 Å². The Morgan fingerprint density at radius 1 is 0.511 bits per heavy atom. The first-order chi connectivity index (χ1) is 22.3. The van der Waals surface area contributed by atoms with Crippen LogP contribution in [0, 0.1) is 12.1 Å². The molecule has 0 atom stereocenters. The average Bonchev–Trinajstić information content (AvgIpc) is 3.52. The molecule has 1 aliphatic carbocycles. The van der Waals surface area contributed by atoms with E-state index in [1.165, 1.54) is 22.3 Å². The molecule has 0 fully saturated rings. The highest BCUT2D eigenvalue weighted by Crippen LogP contribution is 2.49. The molecule has 1 aliphatic rings. The van der Waals surface area contributed by atoms with Gasteiger partial charge in [-0.1, -0.05) is 146 Å². The molecule has 0 radical (unpaired) electrons. The Morgan fingerprint density at radius 3 is 1.82 bits per heavy atom. The molecular weight excluding hydrogens is 544 g/mol. The van der Waals surface area contributed by atoms with E-state index in [0.29, 0.717) is 0 Å². The van der Waals surface area contributed by atoms with Crippen molar-refractivity contribution in [1.29, 1.82) is 0 Å². The average molecular weight is 575 g/mol. The van der Waals surface area contributed by atoms with Gasteiger partial charge in [-0.2, -0.15) is 0 Å². The summed E-state index contributed by atoms with van der Waals surface area (Å²) in [5, 5.41) is 0. The maximum atomic E-state index is 7.20. The van der Waals surface area contributed by atoms with Crippen LogP contribution >= 0.6 is 0 Å². The van der Waals surface area contributed by atoms with Crippen LogP contribution in [0.5, 0.6) is 0 Å². The fourth-order valence-corrected chi connectivity index (χ4v) is 6.54. The van der Waals surface area contributed by atoms with Crippen LogP contribution in [0.15, 0.2) is 156 Å². The summed E-state index contributed by atoms with van der Waals surface area (Å²) in [4.78, 5) is 0. The van der Waals surface area contributed by atoms with Crippen LogP contribution in [0.2, 0.25) is 0 Å². The van der Waals surface area contributed by atoms with Gasteiger partial charge in [0.2, 0.25) is 0 Å². The van der Waals surface area contributed by atoms with Crippen molar-refractivity contribution in [2.75, 3.05) is 0 Å². The SMILES string of the molecule is c1cccc(-c2cc(-c3ccccc3)cc(-c3ccccc3)c2-c2oc(-c3ccccc3-c3ccccc3)c3c2CCC=C3)c#1. The van der Waals surface area contributed by atoms with Gasteiger partial charge in [0.05, 0.1) is 0 Å². The number of hydrogen-bond donors (Lipinski definition) is 0. The second-order valence-electron chi connectivity index (χ2n) is 11.4. The molecule has 0 N–H and O–H groups in total. The Kier molecular flexibility index (Phi) is 6.95. The fourth-order valence-electron chi connectivity index (χ4n) is 6.54. The van der Waals surface area contributed by atoms with Gasteiger partial charge < -0.3 is 4.42 Å². The number of furan rings is 1. The van der Waals surface area contributed by atoms with Gasteiger partial charge in [-0.05, 0) is 70.5 Å². The summed E-state index contributed by atoms with van der Waals surface area (Å²) < 4.78 is 7.20. The quantitative estimate of drug-likeness (QED) is 0.193. The number of hydrogen-bond acceptors (Lipinski definition) is 1. The van der Waals surface area contributed by atoms with Crippen LogP contribution in [0.1, 0.15) is 17.5 Å². The van der Waals surface area contributed by atoms with Gasteiger partial charge in [0, 0.05) is 33.4 Å². The van der Waals surface area contributed by atoms with E-state index in [9.17, 15) is 0 Å². The predicted octanol–water partition coefficient (Wildman–Crippen LogP) is 11.8. The van der Waals surface area contributed by atoms with E-state index < -0.39 is 0 Å². The fraction of sp³-hybridized carbons (Fsp3) is 0.0455. The minimum atomic E-state index is 0.913. The summed E-state index contributed by atoms with van der Waals surface area (Å²) in [6.45, 7) is 0. The van der Waals surface area contributed by atoms with E-state index in [4.69, 9.17) is 4.42 Å². The molecule has 0 aliphatic heterocycles. The molecule has 0 saturated heterocycles. The second-order valence-corrected chi connectivity index (χ2v) is 11.4. The predicted molar refractivity (Wildman–Crippen MR) is 186 cm³/mol. The van der Waals surface area contributed by atoms with Crippen LogP contribution in [-0.4, -0.2) is 0 Å². The highest BCUT2D eigenvalue weighted by molar-refractivity contribution is 5.99. The molecule has 45 heavy (non-hydrogen) atoms. The smallest absolute Gasteiger partial charge is 0.142 e. The topological polar surface area (TPSA) is 13.1 Å². The van der Waals surface area contributed by atoms with Gasteiger partial charge in [-0.3, -0.25) is 0 Å². The second kappa shape index (κ2) is 11.7. The highest BCUT2D eigenvalue weighted by Gasteiger charge is 2.28. The minimum Gasteiger partial charge on any atom is -0.455 e. The first-order valence-corrected chi connectivity index (χ1v) is 15.5. The van der Waals surface area contributed by atoms with E-state index in [1.54, 1.807) is 0 Å².